The van der Waals surface area contributed by atoms with Crippen LogP contribution in [0.4, 0.5) is 11.5 Å². The largest absolute Gasteiger partial charge is 0.384 e. The number of aromatic nitrogens is 2. The molecule has 5 nitrogen and oxygen atoms in total. The van der Waals surface area contributed by atoms with Gasteiger partial charge in [0.1, 0.15) is 0 Å². The fraction of sp³-hybridized carbons (Fsp3) is 0.500. The van der Waals surface area contributed by atoms with E-state index in [4.69, 9.17) is 0 Å². The molecule has 5 heteroatoms. The van der Waals surface area contributed by atoms with Gasteiger partial charge in [-0.15, -0.1) is 5.10 Å². The molecule has 0 atom stereocenters. The van der Waals surface area contributed by atoms with Crippen LogP contribution < -0.4 is 10.2 Å². The van der Waals surface area contributed by atoms with Crippen LogP contribution in [0.15, 0.2) is 30.3 Å². The minimum Gasteiger partial charge on any atom is -0.384 e. The lowest BCUT2D eigenvalue weighted by molar-refractivity contribution is 0.203. The van der Waals surface area contributed by atoms with E-state index in [2.05, 4.69) is 56.6 Å². The predicted octanol–water partition coefficient (Wildman–Crippen LogP) is 2.85. The first-order chi connectivity index (χ1) is 12.2. The van der Waals surface area contributed by atoms with Crippen molar-refractivity contribution < 1.29 is 0 Å². The molecule has 1 N–H and O–H groups in total. The Balaban J connectivity index is 1.36. The second-order valence-electron chi connectivity index (χ2n) is 7.28. The summed E-state index contributed by atoms with van der Waals surface area (Å²) >= 11 is 0. The third-order valence-corrected chi connectivity index (χ3v) is 5.58. The van der Waals surface area contributed by atoms with E-state index in [9.17, 15) is 0 Å². The van der Waals surface area contributed by atoms with Crippen LogP contribution in [0.5, 0.6) is 0 Å². The average Bonchev–Trinajstić information content (AvgIpc) is 3.12. The van der Waals surface area contributed by atoms with Crippen molar-refractivity contribution >= 4 is 11.5 Å². The first-order valence-electron chi connectivity index (χ1n) is 9.31. The van der Waals surface area contributed by atoms with Crippen molar-refractivity contribution in [3.05, 3.63) is 47.2 Å². The summed E-state index contributed by atoms with van der Waals surface area (Å²) in [5.74, 6) is 0.981. The number of nitrogens with one attached hydrogen (secondary N) is 1. The highest BCUT2D eigenvalue weighted by Gasteiger charge is 2.24. The molecule has 0 spiro atoms. The molecule has 1 aromatic heterocycles. The van der Waals surface area contributed by atoms with Gasteiger partial charge >= 0.3 is 0 Å². The Morgan fingerprint density at radius 1 is 1.16 bits per heavy atom. The Kier molecular flexibility index (Phi) is 4.57. The van der Waals surface area contributed by atoms with Gasteiger partial charge in [-0.3, -0.25) is 4.90 Å². The SMILES string of the molecule is Cc1ccc(N(C)C2CCN(Cc3cccc4c3NCC4)CC2)nn1. The Morgan fingerprint density at radius 2 is 2.00 bits per heavy atom. The van der Waals surface area contributed by atoms with Gasteiger partial charge in [0.25, 0.3) is 0 Å². The molecule has 132 valence electrons. The molecule has 0 amide bonds. The minimum atomic E-state index is 0.549. The highest BCUT2D eigenvalue weighted by Crippen LogP contribution is 2.28. The van der Waals surface area contributed by atoms with Crippen LogP contribution in [-0.4, -0.2) is 47.8 Å². The summed E-state index contributed by atoms with van der Waals surface area (Å²) in [4.78, 5) is 4.88. The molecule has 0 aliphatic carbocycles. The predicted molar refractivity (Wildman–Crippen MR) is 102 cm³/mol. The lowest BCUT2D eigenvalue weighted by atomic mass is 10.0. The summed E-state index contributed by atoms with van der Waals surface area (Å²) in [5.41, 5.74) is 5.28. The van der Waals surface area contributed by atoms with Crippen LogP contribution in [0.2, 0.25) is 0 Å². The van der Waals surface area contributed by atoms with Crippen molar-refractivity contribution in [2.75, 3.05) is 36.9 Å². The smallest absolute Gasteiger partial charge is 0.151 e. The lowest BCUT2D eigenvalue weighted by Crippen LogP contribution is -2.43. The van der Waals surface area contributed by atoms with E-state index in [0.29, 0.717) is 6.04 Å². The third kappa shape index (κ3) is 3.47. The van der Waals surface area contributed by atoms with E-state index in [-0.39, 0.29) is 0 Å². The van der Waals surface area contributed by atoms with Gasteiger partial charge in [0.15, 0.2) is 5.82 Å². The van der Waals surface area contributed by atoms with Crippen LogP contribution in [-0.2, 0) is 13.0 Å². The third-order valence-electron chi connectivity index (χ3n) is 5.58. The monoisotopic (exact) mass is 337 g/mol. The molecule has 0 bridgehead atoms. The summed E-state index contributed by atoms with van der Waals surface area (Å²) in [7, 11) is 2.15. The average molecular weight is 337 g/mol. The first-order valence-corrected chi connectivity index (χ1v) is 9.31. The number of rotatable bonds is 4. The number of piperidine rings is 1. The zero-order valence-corrected chi connectivity index (χ0v) is 15.2. The molecule has 3 heterocycles. The molecule has 2 aliphatic rings. The molecule has 0 unspecified atom stereocenters. The topological polar surface area (TPSA) is 44.3 Å². The molecule has 2 aliphatic heterocycles. The van der Waals surface area contributed by atoms with Crippen LogP contribution >= 0.6 is 0 Å². The molecule has 2 aromatic rings. The Hall–Kier alpha value is -2.14. The van der Waals surface area contributed by atoms with E-state index in [1.165, 1.54) is 29.7 Å². The fourth-order valence-electron chi connectivity index (χ4n) is 4.02. The fourth-order valence-corrected chi connectivity index (χ4v) is 4.02. The summed E-state index contributed by atoms with van der Waals surface area (Å²) in [6, 6.07) is 11.4. The Morgan fingerprint density at radius 3 is 2.76 bits per heavy atom. The molecule has 1 fully saturated rings. The van der Waals surface area contributed by atoms with Crippen molar-refractivity contribution in [3.63, 3.8) is 0 Å². The van der Waals surface area contributed by atoms with Crippen LogP contribution in [0.25, 0.3) is 0 Å². The number of fused-ring (bicyclic) bond motifs is 1. The molecule has 0 saturated carbocycles. The van der Waals surface area contributed by atoms with E-state index >= 15 is 0 Å². The van der Waals surface area contributed by atoms with Gasteiger partial charge in [0, 0.05) is 45.0 Å². The highest BCUT2D eigenvalue weighted by atomic mass is 15.3. The summed E-state index contributed by atoms with van der Waals surface area (Å²) in [5, 5.41) is 12.1. The molecular formula is C20H27N5. The molecule has 4 rings (SSSR count). The number of nitrogens with zero attached hydrogens (tertiary/aromatic N) is 4. The summed E-state index contributed by atoms with van der Waals surface area (Å²) in [6.07, 6.45) is 3.51. The molecule has 1 aromatic carbocycles. The number of aryl methyl sites for hydroxylation is 1. The first kappa shape index (κ1) is 16.3. The van der Waals surface area contributed by atoms with Crippen molar-refractivity contribution in [1.82, 2.24) is 15.1 Å². The molecule has 1 saturated heterocycles. The maximum atomic E-state index is 4.33. The summed E-state index contributed by atoms with van der Waals surface area (Å²) in [6.45, 7) is 6.38. The number of anilines is 2. The van der Waals surface area contributed by atoms with Gasteiger partial charge in [-0.1, -0.05) is 18.2 Å². The van der Waals surface area contributed by atoms with E-state index < -0.39 is 0 Å². The quantitative estimate of drug-likeness (QED) is 0.929. The normalized spacial score (nSPS) is 18.0. The van der Waals surface area contributed by atoms with Gasteiger partial charge in [-0.25, -0.2) is 0 Å². The maximum Gasteiger partial charge on any atom is 0.151 e. The zero-order chi connectivity index (χ0) is 17.2. The lowest BCUT2D eigenvalue weighted by Gasteiger charge is -2.37. The van der Waals surface area contributed by atoms with E-state index in [1.807, 2.05) is 13.0 Å². The van der Waals surface area contributed by atoms with Crippen LogP contribution in [0.1, 0.15) is 29.7 Å². The van der Waals surface area contributed by atoms with Crippen molar-refractivity contribution in [2.45, 2.75) is 38.8 Å². The zero-order valence-electron chi connectivity index (χ0n) is 15.2. The molecule has 25 heavy (non-hydrogen) atoms. The Labute approximate surface area is 150 Å². The number of hydrogen-bond acceptors (Lipinski definition) is 5. The van der Waals surface area contributed by atoms with Gasteiger partial charge in [0.2, 0.25) is 0 Å². The van der Waals surface area contributed by atoms with E-state index in [1.54, 1.807) is 0 Å². The standard InChI is InChI=1S/C20H27N5/c1-15-6-7-19(23-22-15)24(2)18-9-12-25(13-10-18)14-17-5-3-4-16-8-11-21-20(16)17/h3-7,18,21H,8-14H2,1-2H3. The maximum absolute atomic E-state index is 4.33. The number of likely N-dealkylation sites (tertiary alicyclic amines) is 1. The van der Waals surface area contributed by atoms with Gasteiger partial charge in [-0.05, 0) is 49.4 Å². The van der Waals surface area contributed by atoms with Gasteiger partial charge in [-0.2, -0.15) is 5.10 Å². The summed E-state index contributed by atoms with van der Waals surface area (Å²) < 4.78 is 0. The number of hydrogen-bond donors (Lipinski definition) is 1. The van der Waals surface area contributed by atoms with Crippen molar-refractivity contribution in [3.8, 4) is 0 Å². The second-order valence-corrected chi connectivity index (χ2v) is 7.28. The molecule has 0 radical (unpaired) electrons. The number of benzene rings is 1. The van der Waals surface area contributed by atoms with E-state index in [0.717, 1.165) is 44.1 Å². The second kappa shape index (κ2) is 7.00. The minimum absolute atomic E-state index is 0.549. The van der Waals surface area contributed by atoms with Crippen LogP contribution in [0, 0.1) is 6.92 Å². The number of para-hydroxylation sites is 1. The van der Waals surface area contributed by atoms with Gasteiger partial charge in [0.05, 0.1) is 5.69 Å². The van der Waals surface area contributed by atoms with Gasteiger partial charge < -0.3 is 10.2 Å². The Bertz CT molecular complexity index is 719. The molecular weight excluding hydrogens is 310 g/mol. The highest BCUT2D eigenvalue weighted by molar-refractivity contribution is 5.61. The van der Waals surface area contributed by atoms with Crippen molar-refractivity contribution in [2.24, 2.45) is 0 Å². The van der Waals surface area contributed by atoms with Crippen molar-refractivity contribution in [1.29, 1.82) is 0 Å². The van der Waals surface area contributed by atoms with Crippen LogP contribution in [0.3, 0.4) is 0 Å².